The van der Waals surface area contributed by atoms with E-state index in [1.54, 1.807) is 27.7 Å². The Bertz CT molecular complexity index is 918. The molecule has 0 aromatic carbocycles. The van der Waals surface area contributed by atoms with Gasteiger partial charge in [-0.1, -0.05) is 34.1 Å². The zero-order valence-electron chi connectivity index (χ0n) is 25.5. The third-order valence-corrected chi connectivity index (χ3v) is 8.13. The lowest BCUT2D eigenvalue weighted by atomic mass is 9.97. The Morgan fingerprint density at radius 3 is 1.83 bits per heavy atom. The fourth-order valence-electron chi connectivity index (χ4n) is 3.55. The number of hydrogen-bond donors (Lipinski definition) is 0. The smallest absolute Gasteiger partial charge is 0.371 e. The first-order valence-corrected chi connectivity index (χ1v) is 15.9. The van der Waals surface area contributed by atoms with E-state index in [1.807, 2.05) is 0 Å². The van der Waals surface area contributed by atoms with Crippen LogP contribution in [0.25, 0.3) is 0 Å². The van der Waals surface area contributed by atoms with Crippen LogP contribution in [0, 0.1) is 17.8 Å². The number of rotatable bonds is 17. The second-order valence-corrected chi connectivity index (χ2v) is 13.4. The fraction of sp³-hybridized carbons (Fsp3) is 0.786. The maximum atomic E-state index is 13.2. The van der Waals surface area contributed by atoms with Crippen LogP contribution in [0.5, 0.6) is 0 Å². The summed E-state index contributed by atoms with van der Waals surface area (Å²) in [6, 6.07) is 0. The zero-order chi connectivity index (χ0) is 31.7. The summed E-state index contributed by atoms with van der Waals surface area (Å²) in [6.45, 7) is 11.4. The first-order valence-electron chi connectivity index (χ1n) is 14.1. The average molecular weight is 636 g/mol. The van der Waals surface area contributed by atoms with Crippen molar-refractivity contribution in [2.75, 3.05) is 45.6 Å². The Hall–Kier alpha value is -2.32. The minimum absolute atomic E-state index is 0.121. The third-order valence-electron chi connectivity index (χ3n) is 6.19. The lowest BCUT2D eigenvalue weighted by Gasteiger charge is -2.26. The monoisotopic (exact) mass is 635 g/mol. The molecular formula is C28H45NO11S2. The predicted octanol–water partition coefficient (Wildman–Crippen LogP) is 4.81. The number of carbonyl (C=O) groups is 6. The standard InChI is InChI=1S/C28H45NO11S2/c1-19(2)23(31)37-17-39-26(34)41-16-21(25(33)36-14-10-13-29-11-8-7-9-12-29)15-22(30)28(5,6)42-27(35)40-18-38-24(32)20(3)4/h19-21H,7-18H2,1-6H3/t21-/m0/s1. The molecule has 0 aliphatic carbocycles. The molecule has 0 amide bonds. The summed E-state index contributed by atoms with van der Waals surface area (Å²) < 4.78 is 23.6. The van der Waals surface area contributed by atoms with E-state index in [0.29, 0.717) is 29.9 Å². The SMILES string of the molecule is CC(C)C(=O)OCOC(=O)SC[C@H](CC(=O)C(C)(C)SC(=O)OCOC(=O)C(C)C)C(=O)OCCCN1CCCCC1. The number of thioether (sulfide) groups is 2. The van der Waals surface area contributed by atoms with Crippen LogP contribution in [-0.2, 0) is 42.9 Å². The Morgan fingerprint density at radius 1 is 0.738 bits per heavy atom. The Balaban J connectivity index is 2.69. The van der Waals surface area contributed by atoms with Crippen LogP contribution >= 0.6 is 23.5 Å². The molecule has 0 radical (unpaired) electrons. The molecule has 240 valence electrons. The summed E-state index contributed by atoms with van der Waals surface area (Å²) in [5, 5.41) is -1.61. The van der Waals surface area contributed by atoms with Gasteiger partial charge in [-0.3, -0.25) is 19.2 Å². The number of Topliss-reactive ketones (excluding diaryl/α,β-unsaturated/α-hetero) is 1. The number of carbonyl (C=O) groups excluding carboxylic acids is 6. The van der Waals surface area contributed by atoms with Gasteiger partial charge in [0.05, 0.1) is 29.1 Å². The highest BCUT2D eigenvalue weighted by atomic mass is 32.2. The fourth-order valence-corrected chi connectivity index (χ4v) is 4.99. The van der Waals surface area contributed by atoms with Crippen molar-refractivity contribution < 1.29 is 52.5 Å². The number of hydrogen-bond acceptors (Lipinski definition) is 14. The van der Waals surface area contributed by atoms with Crippen molar-refractivity contribution in [1.82, 2.24) is 4.90 Å². The number of esters is 3. The highest BCUT2D eigenvalue weighted by Crippen LogP contribution is 2.31. The van der Waals surface area contributed by atoms with Crippen molar-refractivity contribution in [3.63, 3.8) is 0 Å². The van der Waals surface area contributed by atoms with Gasteiger partial charge in [-0.2, -0.15) is 0 Å². The second-order valence-electron chi connectivity index (χ2n) is 10.9. The summed E-state index contributed by atoms with van der Waals surface area (Å²) in [4.78, 5) is 75.9. The number of nitrogens with zero attached hydrogens (tertiary/aromatic N) is 1. The van der Waals surface area contributed by atoms with Crippen LogP contribution in [0.4, 0.5) is 9.59 Å². The van der Waals surface area contributed by atoms with Crippen molar-refractivity contribution in [2.45, 2.75) is 78.4 Å². The Morgan fingerprint density at radius 2 is 1.29 bits per heavy atom. The Kier molecular flexibility index (Phi) is 17.8. The molecule has 0 saturated carbocycles. The zero-order valence-corrected chi connectivity index (χ0v) is 27.1. The molecule has 1 atom stereocenters. The minimum atomic E-state index is -1.29. The Labute approximate surface area is 256 Å². The topological polar surface area (TPSA) is 152 Å². The van der Waals surface area contributed by atoms with Crippen molar-refractivity contribution in [2.24, 2.45) is 17.8 Å². The van der Waals surface area contributed by atoms with Gasteiger partial charge in [0, 0.05) is 18.7 Å². The normalized spacial score (nSPS) is 14.7. The molecule has 1 aliphatic rings. The lowest BCUT2D eigenvalue weighted by molar-refractivity contribution is -0.156. The summed E-state index contributed by atoms with van der Waals surface area (Å²) in [5.74, 6) is -4.03. The number of ketones is 1. The predicted molar refractivity (Wildman–Crippen MR) is 158 cm³/mol. The molecule has 0 unspecified atom stereocenters. The van der Waals surface area contributed by atoms with Crippen LogP contribution < -0.4 is 0 Å². The van der Waals surface area contributed by atoms with Gasteiger partial charge in [-0.15, -0.1) is 0 Å². The number of piperidine rings is 1. The van der Waals surface area contributed by atoms with Gasteiger partial charge < -0.3 is 28.6 Å². The van der Waals surface area contributed by atoms with E-state index in [4.69, 9.17) is 23.7 Å². The summed E-state index contributed by atoms with van der Waals surface area (Å²) >= 11 is 1.25. The van der Waals surface area contributed by atoms with Gasteiger partial charge in [0.2, 0.25) is 13.6 Å². The van der Waals surface area contributed by atoms with E-state index < -0.39 is 58.5 Å². The van der Waals surface area contributed by atoms with E-state index >= 15 is 0 Å². The van der Waals surface area contributed by atoms with Crippen molar-refractivity contribution in [3.05, 3.63) is 0 Å². The summed E-state index contributed by atoms with van der Waals surface area (Å²) in [7, 11) is 0. The average Bonchev–Trinajstić information content (AvgIpc) is 2.92. The molecule has 42 heavy (non-hydrogen) atoms. The van der Waals surface area contributed by atoms with Gasteiger partial charge >= 0.3 is 28.5 Å². The second kappa shape index (κ2) is 19.8. The molecule has 1 rings (SSSR count). The van der Waals surface area contributed by atoms with Crippen molar-refractivity contribution in [3.8, 4) is 0 Å². The summed E-state index contributed by atoms with van der Waals surface area (Å²) in [6.07, 6.45) is 3.86. The number of likely N-dealkylation sites (tertiary alicyclic amines) is 1. The minimum Gasteiger partial charge on any atom is -0.465 e. The summed E-state index contributed by atoms with van der Waals surface area (Å²) in [5.41, 5.74) is 0. The highest BCUT2D eigenvalue weighted by Gasteiger charge is 2.36. The lowest BCUT2D eigenvalue weighted by Crippen LogP contribution is -2.35. The van der Waals surface area contributed by atoms with Crippen molar-refractivity contribution in [1.29, 1.82) is 0 Å². The molecule has 1 heterocycles. The van der Waals surface area contributed by atoms with Gasteiger partial charge in [0.1, 0.15) is 5.78 Å². The van der Waals surface area contributed by atoms with E-state index in [1.165, 1.54) is 20.3 Å². The van der Waals surface area contributed by atoms with Gasteiger partial charge in [0.15, 0.2) is 0 Å². The third kappa shape index (κ3) is 15.8. The molecule has 1 aliphatic heterocycles. The molecule has 0 aromatic heterocycles. The quantitative estimate of drug-likeness (QED) is 0.0929. The van der Waals surface area contributed by atoms with E-state index in [9.17, 15) is 28.8 Å². The molecule has 0 aromatic rings. The van der Waals surface area contributed by atoms with E-state index in [-0.39, 0.29) is 30.6 Å². The molecule has 0 spiro atoms. The van der Waals surface area contributed by atoms with E-state index in [2.05, 4.69) is 4.90 Å². The molecule has 14 heteroatoms. The molecule has 0 bridgehead atoms. The molecule has 12 nitrogen and oxygen atoms in total. The first kappa shape index (κ1) is 37.7. The molecule has 1 fully saturated rings. The van der Waals surface area contributed by atoms with Gasteiger partial charge in [-0.05, 0) is 69.7 Å². The maximum Gasteiger partial charge on any atom is 0.371 e. The van der Waals surface area contributed by atoms with Crippen LogP contribution in [0.15, 0.2) is 0 Å². The van der Waals surface area contributed by atoms with E-state index in [0.717, 1.165) is 32.5 Å². The highest BCUT2D eigenvalue weighted by molar-refractivity contribution is 8.15. The van der Waals surface area contributed by atoms with Crippen LogP contribution in [0.2, 0.25) is 0 Å². The maximum absolute atomic E-state index is 13.2. The van der Waals surface area contributed by atoms with Gasteiger partial charge in [0.25, 0.3) is 0 Å². The van der Waals surface area contributed by atoms with Crippen molar-refractivity contribution >= 4 is 57.8 Å². The molecule has 0 N–H and O–H groups in total. The van der Waals surface area contributed by atoms with Crippen LogP contribution in [-0.4, -0.2) is 89.5 Å². The largest absolute Gasteiger partial charge is 0.465 e. The molecular weight excluding hydrogens is 590 g/mol. The first-order chi connectivity index (χ1) is 19.7. The number of ether oxygens (including phenoxy) is 5. The van der Waals surface area contributed by atoms with Crippen LogP contribution in [0.1, 0.15) is 73.6 Å². The molecule has 1 saturated heterocycles. The van der Waals surface area contributed by atoms with Crippen LogP contribution in [0.3, 0.4) is 0 Å². The van der Waals surface area contributed by atoms with Gasteiger partial charge in [-0.25, -0.2) is 9.59 Å².